The maximum atomic E-state index is 13.3. The summed E-state index contributed by atoms with van der Waals surface area (Å²) in [7, 11) is 0. The second kappa shape index (κ2) is 9.47. The van der Waals surface area contributed by atoms with Gasteiger partial charge in [-0.05, 0) is 43.7 Å². The van der Waals surface area contributed by atoms with E-state index in [4.69, 9.17) is 0 Å². The Balaban J connectivity index is 1.55. The number of aliphatic imine (C=N–C) groups is 1. The summed E-state index contributed by atoms with van der Waals surface area (Å²) in [5.74, 6) is -0.262. The van der Waals surface area contributed by atoms with Crippen LogP contribution in [0.1, 0.15) is 18.1 Å². The van der Waals surface area contributed by atoms with E-state index in [2.05, 4.69) is 15.6 Å². The summed E-state index contributed by atoms with van der Waals surface area (Å²) in [6.45, 7) is 4.26. The minimum Gasteiger partial charge on any atom is -0.326 e. The average Bonchev–Trinajstić information content (AvgIpc) is 2.80. The first-order valence-electron chi connectivity index (χ1n) is 10.6. The molecule has 0 aliphatic carbocycles. The van der Waals surface area contributed by atoms with Gasteiger partial charge >= 0.3 is 6.03 Å². The van der Waals surface area contributed by atoms with Gasteiger partial charge in [0.05, 0.1) is 17.9 Å². The van der Waals surface area contributed by atoms with Crippen LogP contribution in [-0.2, 0) is 11.2 Å². The topological polar surface area (TPSA) is 73.8 Å². The van der Waals surface area contributed by atoms with Gasteiger partial charge in [-0.25, -0.2) is 4.79 Å². The fourth-order valence-electron chi connectivity index (χ4n) is 3.68. The third kappa shape index (κ3) is 5.03. The molecule has 0 bridgehead atoms. The zero-order valence-electron chi connectivity index (χ0n) is 18.2. The lowest BCUT2D eigenvalue weighted by molar-refractivity contribution is -0.117. The van der Waals surface area contributed by atoms with Crippen molar-refractivity contribution in [3.63, 3.8) is 0 Å². The van der Waals surface area contributed by atoms with Gasteiger partial charge in [-0.15, -0.1) is 0 Å². The molecule has 0 saturated carbocycles. The summed E-state index contributed by atoms with van der Waals surface area (Å²) in [5.41, 5.74) is 5.08. The van der Waals surface area contributed by atoms with E-state index >= 15 is 0 Å². The van der Waals surface area contributed by atoms with Gasteiger partial charge in [0.2, 0.25) is 5.91 Å². The van der Waals surface area contributed by atoms with Crippen LogP contribution in [0.4, 0.5) is 21.9 Å². The largest absolute Gasteiger partial charge is 0.326 e. The molecule has 3 aromatic rings. The van der Waals surface area contributed by atoms with Crippen molar-refractivity contribution in [3.8, 4) is 0 Å². The predicted octanol–water partition coefficient (Wildman–Crippen LogP) is 4.87. The van der Waals surface area contributed by atoms with E-state index < -0.39 is 6.04 Å². The third-order valence-corrected chi connectivity index (χ3v) is 5.33. The first kappa shape index (κ1) is 21.3. The number of para-hydroxylation sites is 2. The van der Waals surface area contributed by atoms with Crippen LogP contribution in [0.3, 0.4) is 0 Å². The van der Waals surface area contributed by atoms with Crippen molar-refractivity contribution in [2.75, 3.05) is 16.8 Å². The first-order chi connectivity index (χ1) is 15.5. The number of rotatable bonds is 5. The molecule has 1 atom stereocenters. The zero-order chi connectivity index (χ0) is 22.5. The van der Waals surface area contributed by atoms with Gasteiger partial charge in [-0.3, -0.25) is 14.7 Å². The number of benzene rings is 3. The van der Waals surface area contributed by atoms with Gasteiger partial charge < -0.3 is 10.6 Å². The molecule has 0 fully saturated rings. The van der Waals surface area contributed by atoms with E-state index in [1.54, 1.807) is 4.90 Å². The van der Waals surface area contributed by atoms with Gasteiger partial charge in [0.1, 0.15) is 6.04 Å². The van der Waals surface area contributed by atoms with E-state index in [9.17, 15) is 9.59 Å². The number of amides is 3. The molecule has 1 aliphatic rings. The number of carbonyl (C=O) groups excluding carboxylic acids is 2. The van der Waals surface area contributed by atoms with E-state index in [1.165, 1.54) is 0 Å². The van der Waals surface area contributed by atoms with E-state index in [0.29, 0.717) is 18.7 Å². The molecule has 6 heteroatoms. The zero-order valence-corrected chi connectivity index (χ0v) is 18.2. The highest BCUT2D eigenvalue weighted by Crippen LogP contribution is 2.31. The van der Waals surface area contributed by atoms with Crippen molar-refractivity contribution in [2.24, 2.45) is 4.99 Å². The normalized spacial score (nSPS) is 13.6. The average molecular weight is 427 g/mol. The number of fused-ring (bicyclic) bond motifs is 1. The number of urea groups is 1. The lowest BCUT2D eigenvalue weighted by Gasteiger charge is -2.29. The second-order valence-corrected chi connectivity index (χ2v) is 7.97. The SMILES string of the molecule is CC1=Nc2ccccc2N(C(=O)N[C@@H](Cc2ccccc2)C(=O)Nc2ccc(C)cc2)C1. The highest BCUT2D eigenvalue weighted by molar-refractivity contribution is 6.07. The van der Waals surface area contributed by atoms with Crippen molar-refractivity contribution >= 4 is 34.7 Å². The summed E-state index contributed by atoms with van der Waals surface area (Å²) in [5, 5.41) is 5.88. The molecule has 6 nitrogen and oxygen atoms in total. The third-order valence-electron chi connectivity index (χ3n) is 5.33. The number of hydrogen-bond donors (Lipinski definition) is 2. The second-order valence-electron chi connectivity index (χ2n) is 7.97. The van der Waals surface area contributed by atoms with Crippen molar-refractivity contribution in [3.05, 3.63) is 90.0 Å². The Morgan fingerprint density at radius 1 is 0.938 bits per heavy atom. The summed E-state index contributed by atoms with van der Waals surface area (Å²) in [6, 6.07) is 23.7. The summed E-state index contributed by atoms with van der Waals surface area (Å²) < 4.78 is 0. The van der Waals surface area contributed by atoms with Crippen molar-refractivity contribution in [2.45, 2.75) is 26.3 Å². The van der Waals surface area contributed by atoms with E-state index in [-0.39, 0.29) is 11.9 Å². The molecule has 1 heterocycles. The van der Waals surface area contributed by atoms with Gasteiger partial charge in [-0.1, -0.05) is 60.2 Å². The smallest absolute Gasteiger partial charge is 0.322 e. The number of hydrogen-bond acceptors (Lipinski definition) is 3. The molecule has 32 heavy (non-hydrogen) atoms. The minimum atomic E-state index is -0.738. The Labute approximate surface area is 188 Å². The molecule has 162 valence electrons. The monoisotopic (exact) mass is 426 g/mol. The Kier molecular flexibility index (Phi) is 6.31. The molecule has 0 saturated heterocycles. The molecule has 2 N–H and O–H groups in total. The Hall–Kier alpha value is -3.93. The van der Waals surface area contributed by atoms with E-state index in [1.807, 2.05) is 92.7 Å². The quantitative estimate of drug-likeness (QED) is 0.611. The van der Waals surface area contributed by atoms with Crippen LogP contribution in [0, 0.1) is 6.92 Å². The lowest BCUT2D eigenvalue weighted by Crippen LogP contribution is -2.52. The minimum absolute atomic E-state index is 0.262. The standard InChI is InChI=1S/C26H26N4O2/c1-18-12-14-21(15-13-18)28-25(31)23(16-20-8-4-3-5-9-20)29-26(32)30-17-19(2)27-22-10-6-7-11-24(22)30/h3-15,23H,16-17H2,1-2H3,(H,28,31)(H,29,32)/t23-/m0/s1. The van der Waals surface area contributed by atoms with Gasteiger partial charge in [0.15, 0.2) is 0 Å². The van der Waals surface area contributed by atoms with Crippen molar-refractivity contribution in [1.29, 1.82) is 0 Å². The van der Waals surface area contributed by atoms with Crippen LogP contribution in [0.5, 0.6) is 0 Å². The Bertz CT molecular complexity index is 1140. The number of aryl methyl sites for hydroxylation is 1. The van der Waals surface area contributed by atoms with Crippen LogP contribution in [0.2, 0.25) is 0 Å². The molecular weight excluding hydrogens is 400 g/mol. The molecule has 4 rings (SSSR count). The molecule has 0 unspecified atom stereocenters. The summed E-state index contributed by atoms with van der Waals surface area (Å²) in [6.07, 6.45) is 0.382. The number of nitrogens with one attached hydrogen (secondary N) is 2. The van der Waals surface area contributed by atoms with E-state index in [0.717, 1.165) is 28.2 Å². The fraction of sp³-hybridized carbons (Fsp3) is 0.192. The van der Waals surface area contributed by atoms with Crippen LogP contribution in [0.15, 0.2) is 83.9 Å². The van der Waals surface area contributed by atoms with Crippen LogP contribution >= 0.6 is 0 Å². The van der Waals surface area contributed by atoms with Crippen molar-refractivity contribution in [1.82, 2.24) is 5.32 Å². The molecule has 0 aromatic heterocycles. The molecule has 0 radical (unpaired) electrons. The van der Waals surface area contributed by atoms with Gasteiger partial charge in [0.25, 0.3) is 0 Å². The van der Waals surface area contributed by atoms with Crippen LogP contribution in [0.25, 0.3) is 0 Å². The van der Waals surface area contributed by atoms with Crippen LogP contribution in [-0.4, -0.2) is 30.2 Å². The molecule has 0 spiro atoms. The fourth-order valence-corrected chi connectivity index (χ4v) is 3.68. The number of carbonyl (C=O) groups is 2. The Morgan fingerprint density at radius 3 is 2.38 bits per heavy atom. The number of nitrogens with zero attached hydrogens (tertiary/aromatic N) is 2. The molecule has 3 amide bonds. The lowest BCUT2D eigenvalue weighted by atomic mass is 10.0. The highest BCUT2D eigenvalue weighted by atomic mass is 16.2. The maximum Gasteiger partial charge on any atom is 0.322 e. The predicted molar refractivity (Wildman–Crippen MR) is 129 cm³/mol. The first-order valence-corrected chi connectivity index (χ1v) is 10.6. The summed E-state index contributed by atoms with van der Waals surface area (Å²) in [4.78, 5) is 32.6. The highest BCUT2D eigenvalue weighted by Gasteiger charge is 2.28. The van der Waals surface area contributed by atoms with Crippen molar-refractivity contribution < 1.29 is 9.59 Å². The van der Waals surface area contributed by atoms with Crippen LogP contribution < -0.4 is 15.5 Å². The van der Waals surface area contributed by atoms with Gasteiger partial charge in [0, 0.05) is 17.8 Å². The summed E-state index contributed by atoms with van der Waals surface area (Å²) >= 11 is 0. The van der Waals surface area contributed by atoms with Gasteiger partial charge in [-0.2, -0.15) is 0 Å². The maximum absolute atomic E-state index is 13.3. The molecule has 1 aliphatic heterocycles. The number of anilines is 2. The Morgan fingerprint density at radius 2 is 1.62 bits per heavy atom. The molecule has 3 aromatic carbocycles. The molecular formula is C26H26N4O2.